The summed E-state index contributed by atoms with van der Waals surface area (Å²) in [5.74, 6) is -0.216. The van der Waals surface area contributed by atoms with E-state index in [0.29, 0.717) is 15.5 Å². The number of carboxylic acids is 1. The van der Waals surface area contributed by atoms with E-state index in [9.17, 15) is 4.79 Å². The fraction of sp³-hybridized carbons (Fsp3) is 0.364. The Bertz CT molecular complexity index is 577. The molecule has 0 atom stereocenters. The number of nitrogens with one attached hydrogen (secondary N) is 1. The van der Waals surface area contributed by atoms with E-state index in [1.807, 2.05) is 13.8 Å². The molecular formula is C11H13N3O2S. The third kappa shape index (κ3) is 2.08. The van der Waals surface area contributed by atoms with Gasteiger partial charge in [-0.2, -0.15) is 0 Å². The molecule has 2 N–H and O–H groups in total. The number of carbonyl (C=O) groups is 1. The first kappa shape index (κ1) is 11.8. The number of fused-ring (bicyclic) bond motifs is 1. The zero-order valence-corrected chi connectivity index (χ0v) is 10.6. The second-order valence-corrected chi connectivity index (χ2v) is 5.06. The molecule has 0 amide bonds. The summed E-state index contributed by atoms with van der Waals surface area (Å²) < 4.78 is 0. The molecule has 0 saturated carbocycles. The zero-order chi connectivity index (χ0) is 12.6. The van der Waals surface area contributed by atoms with Gasteiger partial charge in [-0.3, -0.25) is 0 Å². The Labute approximate surface area is 103 Å². The summed E-state index contributed by atoms with van der Waals surface area (Å²) in [5.41, 5.74) is 0.723. The van der Waals surface area contributed by atoms with Crippen LogP contribution in [-0.2, 0) is 0 Å². The van der Waals surface area contributed by atoms with Crippen LogP contribution in [0.2, 0.25) is 0 Å². The van der Waals surface area contributed by atoms with Crippen LogP contribution in [0.5, 0.6) is 0 Å². The number of aryl methyl sites for hydroxylation is 1. The van der Waals surface area contributed by atoms with E-state index in [1.54, 1.807) is 6.92 Å². The maximum absolute atomic E-state index is 11.1. The molecule has 0 aromatic carbocycles. The highest BCUT2D eigenvalue weighted by Gasteiger charge is 2.18. The Morgan fingerprint density at radius 3 is 2.76 bits per heavy atom. The van der Waals surface area contributed by atoms with Gasteiger partial charge in [0.1, 0.15) is 21.9 Å². The fourth-order valence-corrected chi connectivity index (χ4v) is 2.65. The molecule has 0 fully saturated rings. The molecule has 0 aliphatic carbocycles. The van der Waals surface area contributed by atoms with Crippen LogP contribution in [0.4, 0.5) is 5.82 Å². The van der Waals surface area contributed by atoms with Gasteiger partial charge in [0.05, 0.1) is 5.39 Å². The van der Waals surface area contributed by atoms with E-state index in [4.69, 9.17) is 5.11 Å². The molecule has 0 aliphatic heterocycles. The van der Waals surface area contributed by atoms with Gasteiger partial charge >= 0.3 is 5.97 Å². The molecule has 2 aromatic heterocycles. The number of hydrogen-bond acceptors (Lipinski definition) is 5. The van der Waals surface area contributed by atoms with Gasteiger partial charge in [0.2, 0.25) is 0 Å². The van der Waals surface area contributed by atoms with E-state index in [-0.39, 0.29) is 6.04 Å². The third-order valence-electron chi connectivity index (χ3n) is 2.35. The van der Waals surface area contributed by atoms with Crippen LogP contribution in [-0.4, -0.2) is 27.1 Å². The zero-order valence-electron chi connectivity index (χ0n) is 9.81. The number of aromatic nitrogens is 2. The summed E-state index contributed by atoms with van der Waals surface area (Å²) in [6.45, 7) is 5.80. The van der Waals surface area contributed by atoms with Crippen LogP contribution in [0.3, 0.4) is 0 Å². The van der Waals surface area contributed by atoms with Crippen molar-refractivity contribution in [1.82, 2.24) is 9.97 Å². The highest BCUT2D eigenvalue weighted by atomic mass is 32.1. The second-order valence-electron chi connectivity index (χ2n) is 4.06. The van der Waals surface area contributed by atoms with Gasteiger partial charge in [-0.1, -0.05) is 0 Å². The molecule has 5 nitrogen and oxygen atoms in total. The summed E-state index contributed by atoms with van der Waals surface area (Å²) in [4.78, 5) is 20.4. The average molecular weight is 251 g/mol. The molecule has 0 aliphatic rings. The first-order chi connectivity index (χ1) is 8.00. The molecule has 0 saturated heterocycles. The maximum atomic E-state index is 11.1. The van der Waals surface area contributed by atoms with E-state index in [0.717, 1.165) is 10.9 Å². The molecule has 2 heterocycles. The van der Waals surface area contributed by atoms with Crippen molar-refractivity contribution in [2.24, 2.45) is 0 Å². The predicted molar refractivity (Wildman–Crippen MR) is 67.9 cm³/mol. The van der Waals surface area contributed by atoms with Gasteiger partial charge in [-0.15, -0.1) is 11.3 Å². The summed E-state index contributed by atoms with van der Waals surface area (Å²) >= 11 is 1.18. The number of anilines is 1. The average Bonchev–Trinajstić information content (AvgIpc) is 2.56. The lowest BCUT2D eigenvalue weighted by atomic mass is 10.2. The SMILES string of the molecule is Cc1c(C(=O)O)sc2ncnc(NC(C)C)c12. The standard InChI is InChI=1S/C11H13N3O2S/c1-5(2)14-9-7-6(3)8(11(15)16)17-10(7)13-4-12-9/h4-5H,1-3H3,(H,15,16)(H,12,13,14). The Kier molecular flexibility index (Phi) is 2.97. The minimum Gasteiger partial charge on any atom is -0.477 e. The normalized spacial score (nSPS) is 11.1. The molecule has 2 aromatic rings. The van der Waals surface area contributed by atoms with Crippen LogP contribution in [0.25, 0.3) is 10.2 Å². The van der Waals surface area contributed by atoms with Gasteiger partial charge in [0.15, 0.2) is 0 Å². The molecule has 6 heteroatoms. The topological polar surface area (TPSA) is 75.1 Å². The van der Waals surface area contributed by atoms with Crippen molar-refractivity contribution in [2.45, 2.75) is 26.8 Å². The van der Waals surface area contributed by atoms with Crippen molar-refractivity contribution in [3.8, 4) is 0 Å². The summed E-state index contributed by atoms with van der Waals surface area (Å²) in [6.07, 6.45) is 1.45. The molecule has 2 rings (SSSR count). The van der Waals surface area contributed by atoms with Crippen LogP contribution in [0, 0.1) is 6.92 Å². The molecule has 0 spiro atoms. The van der Waals surface area contributed by atoms with Crippen molar-refractivity contribution in [3.63, 3.8) is 0 Å². The van der Waals surface area contributed by atoms with Crippen molar-refractivity contribution in [1.29, 1.82) is 0 Å². The van der Waals surface area contributed by atoms with Gasteiger partial charge in [-0.05, 0) is 26.3 Å². The number of nitrogens with zero attached hydrogens (tertiary/aromatic N) is 2. The Balaban J connectivity index is 2.66. The molecule has 0 bridgehead atoms. The van der Waals surface area contributed by atoms with E-state index < -0.39 is 5.97 Å². The molecule has 0 unspecified atom stereocenters. The fourth-order valence-electron chi connectivity index (χ4n) is 1.66. The Morgan fingerprint density at radius 1 is 1.47 bits per heavy atom. The van der Waals surface area contributed by atoms with Crippen LogP contribution in [0.15, 0.2) is 6.33 Å². The minimum absolute atomic E-state index is 0.237. The summed E-state index contributed by atoms with van der Waals surface area (Å²) in [7, 11) is 0. The van der Waals surface area contributed by atoms with Gasteiger partial charge < -0.3 is 10.4 Å². The largest absolute Gasteiger partial charge is 0.477 e. The first-order valence-electron chi connectivity index (χ1n) is 5.24. The van der Waals surface area contributed by atoms with Crippen LogP contribution >= 0.6 is 11.3 Å². The van der Waals surface area contributed by atoms with Crippen molar-refractivity contribution in [2.75, 3.05) is 5.32 Å². The Hall–Kier alpha value is -1.69. The van der Waals surface area contributed by atoms with E-state index in [1.165, 1.54) is 17.7 Å². The van der Waals surface area contributed by atoms with Crippen molar-refractivity contribution < 1.29 is 9.90 Å². The Morgan fingerprint density at radius 2 is 2.18 bits per heavy atom. The predicted octanol–water partition coefficient (Wildman–Crippen LogP) is 2.52. The molecule has 90 valence electrons. The quantitative estimate of drug-likeness (QED) is 0.876. The lowest BCUT2D eigenvalue weighted by molar-refractivity contribution is 0.0701. The summed E-state index contributed by atoms with van der Waals surface area (Å²) in [5, 5.41) is 13.1. The lowest BCUT2D eigenvalue weighted by Crippen LogP contribution is -2.11. The number of carboxylic acid groups (broad SMARTS) is 1. The number of rotatable bonds is 3. The molecular weight excluding hydrogens is 238 g/mol. The minimum atomic E-state index is -0.916. The highest BCUT2D eigenvalue weighted by Crippen LogP contribution is 2.33. The monoisotopic (exact) mass is 251 g/mol. The molecule has 17 heavy (non-hydrogen) atoms. The number of hydrogen-bond donors (Lipinski definition) is 2. The van der Waals surface area contributed by atoms with Crippen molar-refractivity contribution >= 4 is 33.3 Å². The third-order valence-corrected chi connectivity index (χ3v) is 3.53. The lowest BCUT2D eigenvalue weighted by Gasteiger charge is -2.09. The number of thiophene rings is 1. The molecule has 0 radical (unpaired) electrons. The first-order valence-corrected chi connectivity index (χ1v) is 6.06. The van der Waals surface area contributed by atoms with Gasteiger partial charge in [-0.25, -0.2) is 14.8 Å². The maximum Gasteiger partial charge on any atom is 0.346 e. The van der Waals surface area contributed by atoms with Gasteiger partial charge in [0, 0.05) is 6.04 Å². The van der Waals surface area contributed by atoms with Crippen LogP contribution < -0.4 is 5.32 Å². The smallest absolute Gasteiger partial charge is 0.346 e. The van der Waals surface area contributed by atoms with E-state index in [2.05, 4.69) is 15.3 Å². The highest BCUT2D eigenvalue weighted by molar-refractivity contribution is 7.20. The van der Waals surface area contributed by atoms with Crippen LogP contribution in [0.1, 0.15) is 29.1 Å². The van der Waals surface area contributed by atoms with Gasteiger partial charge in [0.25, 0.3) is 0 Å². The van der Waals surface area contributed by atoms with Crippen molar-refractivity contribution in [3.05, 3.63) is 16.8 Å². The van der Waals surface area contributed by atoms with E-state index >= 15 is 0 Å². The second kappa shape index (κ2) is 4.29. The summed E-state index contributed by atoms with van der Waals surface area (Å²) in [6, 6.07) is 0.237. The number of aromatic carboxylic acids is 1.